The average Bonchev–Trinajstić information content (AvgIpc) is 2.37. The molecule has 0 amide bonds. The van der Waals surface area contributed by atoms with Gasteiger partial charge in [0.15, 0.2) is 0 Å². The second kappa shape index (κ2) is 4.53. The number of aryl methyl sites for hydroxylation is 2. The molecule has 1 aromatic heterocycles. The highest BCUT2D eigenvalue weighted by Crippen LogP contribution is 2.13. The van der Waals surface area contributed by atoms with Crippen LogP contribution in [0.25, 0.3) is 5.69 Å². The van der Waals surface area contributed by atoms with E-state index in [4.69, 9.17) is 0 Å². The van der Waals surface area contributed by atoms with E-state index in [-0.39, 0.29) is 11.2 Å². The van der Waals surface area contributed by atoms with Crippen LogP contribution in [0.3, 0.4) is 0 Å². The first-order valence-electron chi connectivity index (χ1n) is 6.21. The zero-order chi connectivity index (χ0) is 14.3. The Balaban J connectivity index is 2.91. The van der Waals surface area contributed by atoms with E-state index >= 15 is 0 Å². The monoisotopic (exact) mass is 258 g/mol. The Kier molecular flexibility index (Phi) is 3.18. The lowest BCUT2D eigenvalue weighted by molar-refractivity contribution is 0.700. The highest BCUT2D eigenvalue weighted by molar-refractivity contribution is 5.43. The van der Waals surface area contributed by atoms with Gasteiger partial charge in [-0.15, -0.1) is 0 Å². The fourth-order valence-corrected chi connectivity index (χ4v) is 2.22. The summed E-state index contributed by atoms with van der Waals surface area (Å²) in [5.41, 5.74) is 3.43. The molecule has 2 aromatic rings. The normalized spacial score (nSPS) is 10.8. The third-order valence-electron chi connectivity index (χ3n) is 3.64. The van der Waals surface area contributed by atoms with Gasteiger partial charge in [-0.25, -0.2) is 9.36 Å². The summed E-state index contributed by atoms with van der Waals surface area (Å²) < 4.78 is 2.76. The summed E-state index contributed by atoms with van der Waals surface area (Å²) >= 11 is 0. The van der Waals surface area contributed by atoms with Gasteiger partial charge in [0.2, 0.25) is 0 Å². The van der Waals surface area contributed by atoms with Gasteiger partial charge in [0, 0.05) is 18.3 Å². The minimum atomic E-state index is -0.306. The predicted molar refractivity (Wildman–Crippen MR) is 76.2 cm³/mol. The second-order valence-electron chi connectivity index (χ2n) is 4.98. The summed E-state index contributed by atoms with van der Waals surface area (Å²) in [6.45, 7) is 7.42. The quantitative estimate of drug-likeness (QED) is 0.782. The van der Waals surface area contributed by atoms with Gasteiger partial charge in [0.25, 0.3) is 5.56 Å². The maximum absolute atomic E-state index is 12.3. The van der Waals surface area contributed by atoms with Crippen LogP contribution in [0, 0.1) is 27.7 Å². The summed E-state index contributed by atoms with van der Waals surface area (Å²) in [5, 5.41) is 0. The molecule has 19 heavy (non-hydrogen) atoms. The minimum Gasteiger partial charge on any atom is -0.300 e. The Bertz CT molecular complexity index is 730. The Morgan fingerprint density at radius 3 is 2.21 bits per heavy atom. The van der Waals surface area contributed by atoms with Crippen molar-refractivity contribution in [3.63, 3.8) is 0 Å². The molecule has 0 aliphatic heterocycles. The second-order valence-corrected chi connectivity index (χ2v) is 4.98. The molecule has 1 aromatic carbocycles. The molecule has 0 aliphatic carbocycles. The SMILES string of the molecule is Cc1ccc(-n2c(=O)c(C)c(C)n(C)c2=O)c(C)c1. The van der Waals surface area contributed by atoms with E-state index in [1.807, 2.05) is 32.0 Å². The summed E-state index contributed by atoms with van der Waals surface area (Å²) in [6, 6.07) is 5.70. The number of benzene rings is 1. The van der Waals surface area contributed by atoms with Crippen molar-refractivity contribution in [1.29, 1.82) is 0 Å². The molecule has 0 N–H and O–H groups in total. The molecule has 0 unspecified atom stereocenters. The van der Waals surface area contributed by atoms with E-state index in [9.17, 15) is 9.59 Å². The Hall–Kier alpha value is -2.10. The lowest BCUT2D eigenvalue weighted by Crippen LogP contribution is -2.40. The smallest absolute Gasteiger partial charge is 0.300 e. The Morgan fingerprint density at radius 1 is 1.00 bits per heavy atom. The first-order valence-corrected chi connectivity index (χ1v) is 6.21. The molecule has 0 bridgehead atoms. The molecule has 0 aliphatic rings. The third kappa shape index (κ3) is 2.03. The van der Waals surface area contributed by atoms with Gasteiger partial charge in [0.05, 0.1) is 5.69 Å². The van der Waals surface area contributed by atoms with Crippen LogP contribution in [0.4, 0.5) is 0 Å². The van der Waals surface area contributed by atoms with Crippen molar-refractivity contribution in [2.24, 2.45) is 7.05 Å². The highest BCUT2D eigenvalue weighted by atomic mass is 16.2. The van der Waals surface area contributed by atoms with Crippen LogP contribution in [-0.2, 0) is 7.05 Å². The topological polar surface area (TPSA) is 44.0 Å². The molecule has 0 saturated heterocycles. The van der Waals surface area contributed by atoms with Crippen LogP contribution in [0.2, 0.25) is 0 Å². The summed E-state index contributed by atoms with van der Waals surface area (Å²) in [6.07, 6.45) is 0. The van der Waals surface area contributed by atoms with Gasteiger partial charge in [-0.3, -0.25) is 4.79 Å². The van der Waals surface area contributed by atoms with Crippen molar-refractivity contribution in [3.8, 4) is 5.69 Å². The van der Waals surface area contributed by atoms with Crippen molar-refractivity contribution < 1.29 is 0 Å². The average molecular weight is 258 g/mol. The van der Waals surface area contributed by atoms with Gasteiger partial charge in [-0.05, 0) is 39.3 Å². The fraction of sp³-hybridized carbons (Fsp3) is 0.333. The van der Waals surface area contributed by atoms with Gasteiger partial charge < -0.3 is 4.57 Å². The molecule has 0 fully saturated rings. The zero-order valence-corrected chi connectivity index (χ0v) is 11.9. The lowest BCUT2D eigenvalue weighted by Gasteiger charge is -2.14. The van der Waals surface area contributed by atoms with Crippen LogP contribution in [0.5, 0.6) is 0 Å². The number of aromatic nitrogens is 2. The van der Waals surface area contributed by atoms with Crippen LogP contribution in [-0.4, -0.2) is 9.13 Å². The van der Waals surface area contributed by atoms with Crippen LogP contribution >= 0.6 is 0 Å². The van der Waals surface area contributed by atoms with Gasteiger partial charge in [-0.2, -0.15) is 0 Å². The van der Waals surface area contributed by atoms with E-state index in [0.717, 1.165) is 11.1 Å². The molecule has 0 atom stereocenters. The third-order valence-corrected chi connectivity index (χ3v) is 3.64. The number of hydrogen-bond donors (Lipinski definition) is 0. The number of hydrogen-bond acceptors (Lipinski definition) is 2. The lowest BCUT2D eigenvalue weighted by atomic mass is 10.1. The fourth-order valence-electron chi connectivity index (χ4n) is 2.22. The zero-order valence-electron chi connectivity index (χ0n) is 11.9. The molecule has 0 radical (unpaired) electrons. The summed E-state index contributed by atoms with van der Waals surface area (Å²) in [4.78, 5) is 24.7. The molecular formula is C15H18N2O2. The molecule has 2 rings (SSSR count). The van der Waals surface area contributed by atoms with E-state index in [0.29, 0.717) is 16.9 Å². The van der Waals surface area contributed by atoms with E-state index in [2.05, 4.69) is 0 Å². The molecule has 100 valence electrons. The molecule has 4 heteroatoms. The maximum atomic E-state index is 12.3. The Morgan fingerprint density at radius 2 is 1.63 bits per heavy atom. The van der Waals surface area contributed by atoms with Crippen molar-refractivity contribution >= 4 is 0 Å². The van der Waals surface area contributed by atoms with E-state index in [1.165, 1.54) is 9.13 Å². The van der Waals surface area contributed by atoms with Crippen molar-refractivity contribution in [2.45, 2.75) is 27.7 Å². The van der Waals surface area contributed by atoms with Gasteiger partial charge in [0.1, 0.15) is 0 Å². The molecule has 0 saturated carbocycles. The largest absolute Gasteiger partial charge is 0.335 e. The van der Waals surface area contributed by atoms with E-state index < -0.39 is 0 Å². The minimum absolute atomic E-state index is 0.243. The van der Waals surface area contributed by atoms with Crippen molar-refractivity contribution in [3.05, 3.63) is 61.4 Å². The predicted octanol–water partition coefficient (Wildman–Crippen LogP) is 1.77. The van der Waals surface area contributed by atoms with Crippen LogP contribution in [0.15, 0.2) is 27.8 Å². The van der Waals surface area contributed by atoms with Crippen molar-refractivity contribution in [2.75, 3.05) is 0 Å². The highest BCUT2D eigenvalue weighted by Gasteiger charge is 2.13. The molecule has 4 nitrogen and oxygen atoms in total. The summed E-state index contributed by atoms with van der Waals surface area (Å²) in [7, 11) is 1.68. The van der Waals surface area contributed by atoms with Gasteiger partial charge in [-0.1, -0.05) is 17.7 Å². The number of rotatable bonds is 1. The maximum Gasteiger partial charge on any atom is 0.335 e. The van der Waals surface area contributed by atoms with Crippen molar-refractivity contribution in [1.82, 2.24) is 9.13 Å². The number of nitrogens with zero attached hydrogens (tertiary/aromatic N) is 2. The van der Waals surface area contributed by atoms with E-state index in [1.54, 1.807) is 20.9 Å². The standard InChI is InChI=1S/C15H18N2O2/c1-9-6-7-13(10(2)8-9)17-14(18)11(3)12(4)16(5)15(17)19/h6-8H,1-5H3. The molecule has 0 spiro atoms. The summed E-state index contributed by atoms with van der Waals surface area (Å²) in [5.74, 6) is 0. The first-order chi connectivity index (χ1) is 8.84. The Labute approximate surface area is 111 Å². The molecular weight excluding hydrogens is 240 g/mol. The van der Waals surface area contributed by atoms with Gasteiger partial charge >= 0.3 is 5.69 Å². The first kappa shape index (κ1) is 13.3. The van der Waals surface area contributed by atoms with Crippen LogP contribution < -0.4 is 11.2 Å². The van der Waals surface area contributed by atoms with Crippen LogP contribution in [0.1, 0.15) is 22.4 Å². The molecule has 1 heterocycles.